The average molecular weight is 292 g/mol. The monoisotopic (exact) mass is 292 g/mol. The minimum absolute atomic E-state index is 0.144. The first-order valence-corrected chi connectivity index (χ1v) is 9.08. The Kier molecular flexibility index (Phi) is 11.5. The van der Waals surface area contributed by atoms with E-state index in [1.54, 1.807) is 0 Å². The Morgan fingerprint density at radius 1 is 1.00 bits per heavy atom. The highest BCUT2D eigenvalue weighted by Crippen LogP contribution is 2.56. The van der Waals surface area contributed by atoms with Crippen molar-refractivity contribution in [3.8, 4) is 0 Å². The predicted molar refractivity (Wildman–Crippen MR) is 78.7 cm³/mol. The Balaban J connectivity index is 4.55. The van der Waals surface area contributed by atoms with Gasteiger partial charge < -0.3 is 13.8 Å². The van der Waals surface area contributed by atoms with Crippen molar-refractivity contribution in [1.82, 2.24) is 0 Å². The molecule has 19 heavy (non-hydrogen) atoms. The normalized spacial score (nSPS) is 13.4. The molecule has 114 valence electrons. The second kappa shape index (κ2) is 11.6. The Morgan fingerprint density at radius 2 is 1.63 bits per heavy atom. The van der Waals surface area contributed by atoms with Crippen molar-refractivity contribution in [2.24, 2.45) is 0 Å². The van der Waals surface area contributed by atoms with Crippen molar-refractivity contribution in [2.45, 2.75) is 71.4 Å². The largest absolute Gasteiger partial charge is 0.333 e. The molecule has 0 saturated heterocycles. The summed E-state index contributed by atoms with van der Waals surface area (Å²) in [6.45, 7) is 6.56. The van der Waals surface area contributed by atoms with Gasteiger partial charge in [-0.25, -0.2) is 0 Å². The molecule has 0 spiro atoms. The van der Waals surface area contributed by atoms with Gasteiger partial charge in [-0.3, -0.25) is 4.57 Å². The zero-order valence-electron chi connectivity index (χ0n) is 12.6. The summed E-state index contributed by atoms with van der Waals surface area (Å²) in [7, 11) is -3.07. The summed E-state index contributed by atoms with van der Waals surface area (Å²) in [5.41, 5.74) is -0.144. The van der Waals surface area contributed by atoms with E-state index >= 15 is 0 Å². The third-order valence-electron chi connectivity index (χ3n) is 3.07. The van der Waals surface area contributed by atoms with E-state index < -0.39 is 7.60 Å². The fourth-order valence-electron chi connectivity index (χ4n) is 2.14. The smallest absolute Gasteiger partial charge is 0.309 e. The van der Waals surface area contributed by atoms with Crippen molar-refractivity contribution in [3.63, 3.8) is 0 Å². The molecule has 0 saturated carbocycles. The second-order valence-electron chi connectivity index (χ2n) is 4.62. The van der Waals surface area contributed by atoms with Crippen LogP contribution in [0, 0.1) is 0 Å². The van der Waals surface area contributed by atoms with Crippen LogP contribution in [-0.4, -0.2) is 25.2 Å². The lowest BCUT2D eigenvalue weighted by molar-refractivity contribution is -0.107. The van der Waals surface area contributed by atoms with Gasteiger partial charge in [-0.2, -0.15) is 0 Å². The number of carbonyl (C=O) groups excluding carboxylic acids is 1. The molecule has 0 bridgehead atoms. The van der Waals surface area contributed by atoms with Gasteiger partial charge in [-0.1, -0.05) is 32.6 Å². The van der Waals surface area contributed by atoms with Gasteiger partial charge in [0.25, 0.3) is 0 Å². The molecule has 0 fully saturated rings. The molecular weight excluding hydrogens is 263 g/mol. The Hall–Kier alpha value is -0.180. The van der Waals surface area contributed by atoms with E-state index in [1.807, 2.05) is 13.8 Å². The summed E-state index contributed by atoms with van der Waals surface area (Å²) < 4.78 is 23.5. The first-order valence-electron chi connectivity index (χ1n) is 7.47. The molecule has 0 aliphatic heterocycles. The molecule has 0 aromatic rings. The Bertz CT molecular complexity index is 258. The minimum Gasteiger partial charge on any atom is -0.309 e. The number of hydrogen-bond acceptors (Lipinski definition) is 4. The van der Waals surface area contributed by atoms with Crippen LogP contribution in [0.5, 0.6) is 0 Å². The minimum atomic E-state index is -3.07. The summed E-state index contributed by atoms with van der Waals surface area (Å²) in [5.74, 6) is 0. The highest BCUT2D eigenvalue weighted by molar-refractivity contribution is 7.54. The van der Waals surface area contributed by atoms with E-state index in [1.165, 1.54) is 12.8 Å². The maximum atomic E-state index is 12.7. The molecular formula is C14H29O4P. The van der Waals surface area contributed by atoms with E-state index in [2.05, 4.69) is 6.92 Å². The van der Waals surface area contributed by atoms with Gasteiger partial charge in [0.05, 0.1) is 18.9 Å². The molecule has 0 aromatic heterocycles. The van der Waals surface area contributed by atoms with Gasteiger partial charge in [-0.15, -0.1) is 0 Å². The van der Waals surface area contributed by atoms with Crippen LogP contribution in [0.2, 0.25) is 0 Å². The molecule has 4 nitrogen and oxygen atoms in total. The van der Waals surface area contributed by atoms with E-state index in [0.29, 0.717) is 26.1 Å². The lowest BCUT2D eigenvalue weighted by atomic mass is 10.1. The zero-order valence-corrected chi connectivity index (χ0v) is 13.5. The first-order chi connectivity index (χ1) is 9.14. The van der Waals surface area contributed by atoms with Crippen molar-refractivity contribution in [1.29, 1.82) is 0 Å². The number of hydrogen-bond donors (Lipinski definition) is 0. The van der Waals surface area contributed by atoms with Gasteiger partial charge >= 0.3 is 7.60 Å². The number of carbonyl (C=O) groups is 1. The lowest BCUT2D eigenvalue weighted by Gasteiger charge is -2.26. The second-order valence-corrected chi connectivity index (χ2v) is 6.95. The van der Waals surface area contributed by atoms with E-state index in [-0.39, 0.29) is 5.66 Å². The molecule has 0 aromatic carbocycles. The maximum absolute atomic E-state index is 12.7. The van der Waals surface area contributed by atoms with Crippen LogP contribution in [0.4, 0.5) is 0 Å². The van der Waals surface area contributed by atoms with E-state index in [4.69, 9.17) is 9.05 Å². The van der Waals surface area contributed by atoms with Crippen LogP contribution in [0.15, 0.2) is 0 Å². The molecule has 0 N–H and O–H groups in total. The van der Waals surface area contributed by atoms with Gasteiger partial charge in [0.15, 0.2) is 0 Å². The van der Waals surface area contributed by atoms with Crippen molar-refractivity contribution < 1.29 is 18.4 Å². The fourth-order valence-corrected chi connectivity index (χ4v) is 4.32. The lowest BCUT2D eigenvalue weighted by Crippen LogP contribution is -2.14. The highest BCUT2D eigenvalue weighted by Gasteiger charge is 2.34. The highest BCUT2D eigenvalue weighted by atomic mass is 31.2. The third-order valence-corrected chi connectivity index (χ3v) is 5.72. The molecule has 5 heteroatoms. The van der Waals surface area contributed by atoms with Crippen LogP contribution in [0.1, 0.15) is 65.7 Å². The number of rotatable bonds is 13. The third kappa shape index (κ3) is 7.86. The number of unbranched alkanes of at least 4 members (excludes halogenated alkanes) is 3. The standard InChI is InChI=1S/C14H29O4P/c1-4-7-8-9-11-14(12-10-13-15)19(16,17-5-2)18-6-3/h13-14H,4-12H2,1-3H3. The number of aldehydes is 1. The fraction of sp³-hybridized carbons (Fsp3) is 0.929. The summed E-state index contributed by atoms with van der Waals surface area (Å²) in [6, 6.07) is 0. The van der Waals surface area contributed by atoms with E-state index in [0.717, 1.165) is 25.5 Å². The average Bonchev–Trinajstić information content (AvgIpc) is 2.38. The first kappa shape index (κ1) is 18.8. The van der Waals surface area contributed by atoms with E-state index in [9.17, 15) is 9.36 Å². The molecule has 0 aliphatic carbocycles. The van der Waals surface area contributed by atoms with Crippen molar-refractivity contribution in [2.75, 3.05) is 13.2 Å². The summed E-state index contributed by atoms with van der Waals surface area (Å²) in [6.07, 6.45) is 7.21. The van der Waals surface area contributed by atoms with Crippen LogP contribution in [0.25, 0.3) is 0 Å². The SMILES string of the molecule is CCCCCCC(CCC=O)P(=O)(OCC)OCC. The predicted octanol–water partition coefficient (Wildman–Crippen LogP) is 4.57. The molecule has 0 aliphatic rings. The summed E-state index contributed by atoms with van der Waals surface area (Å²) >= 11 is 0. The summed E-state index contributed by atoms with van der Waals surface area (Å²) in [4.78, 5) is 10.6. The molecule has 0 rings (SSSR count). The van der Waals surface area contributed by atoms with Crippen molar-refractivity contribution >= 4 is 13.9 Å². The van der Waals surface area contributed by atoms with Gasteiger partial charge in [0.2, 0.25) is 0 Å². The van der Waals surface area contributed by atoms with Crippen LogP contribution < -0.4 is 0 Å². The van der Waals surface area contributed by atoms with Crippen LogP contribution >= 0.6 is 7.60 Å². The zero-order chi connectivity index (χ0) is 14.6. The van der Waals surface area contributed by atoms with Crippen LogP contribution in [-0.2, 0) is 18.4 Å². The maximum Gasteiger partial charge on any atom is 0.333 e. The van der Waals surface area contributed by atoms with Gasteiger partial charge in [-0.05, 0) is 26.7 Å². The Labute approximate surface area is 117 Å². The van der Waals surface area contributed by atoms with Crippen molar-refractivity contribution in [3.05, 3.63) is 0 Å². The van der Waals surface area contributed by atoms with Gasteiger partial charge in [0, 0.05) is 6.42 Å². The molecule has 1 atom stereocenters. The van der Waals surface area contributed by atoms with Gasteiger partial charge in [0.1, 0.15) is 6.29 Å². The quantitative estimate of drug-likeness (QED) is 0.283. The molecule has 0 heterocycles. The topological polar surface area (TPSA) is 52.6 Å². The molecule has 0 radical (unpaired) electrons. The van der Waals surface area contributed by atoms with Crippen LogP contribution in [0.3, 0.4) is 0 Å². The Morgan fingerprint density at radius 3 is 2.11 bits per heavy atom. The molecule has 0 amide bonds. The molecule has 1 unspecified atom stereocenters. The summed E-state index contributed by atoms with van der Waals surface area (Å²) in [5, 5.41) is 0.